The topological polar surface area (TPSA) is 38.8 Å². The zero-order chi connectivity index (χ0) is 17.1. The van der Waals surface area contributed by atoms with Gasteiger partial charge in [0.1, 0.15) is 5.75 Å². The van der Waals surface area contributed by atoms with E-state index in [1.807, 2.05) is 19.1 Å². The van der Waals surface area contributed by atoms with E-state index in [-0.39, 0.29) is 18.3 Å². The van der Waals surface area contributed by atoms with Crippen LogP contribution in [-0.2, 0) is 11.2 Å². The van der Waals surface area contributed by atoms with Gasteiger partial charge in [-0.2, -0.15) is 0 Å². The second kappa shape index (κ2) is 6.91. The maximum atomic E-state index is 13.6. The van der Waals surface area contributed by atoms with Crippen molar-refractivity contribution < 1.29 is 18.7 Å². The number of carbonyl (C=O) groups excluding carboxylic acids is 1. The molecule has 126 valence electrons. The molecule has 3 rings (SSSR count). The predicted octanol–water partition coefficient (Wildman–Crippen LogP) is 3.50. The second-order valence-corrected chi connectivity index (χ2v) is 5.78. The lowest BCUT2D eigenvalue weighted by Gasteiger charge is -2.32. The van der Waals surface area contributed by atoms with Crippen molar-refractivity contribution in [2.45, 2.75) is 19.8 Å². The van der Waals surface area contributed by atoms with Crippen molar-refractivity contribution in [2.75, 3.05) is 25.2 Å². The highest BCUT2D eigenvalue weighted by Gasteiger charge is 2.27. The third kappa shape index (κ3) is 3.07. The molecule has 1 amide bonds. The van der Waals surface area contributed by atoms with Crippen molar-refractivity contribution in [3.8, 4) is 11.5 Å². The Kier molecular flexibility index (Phi) is 4.69. The summed E-state index contributed by atoms with van der Waals surface area (Å²) in [6.07, 6.45) is 1.79. The number of aryl methyl sites for hydroxylation is 1. The molecule has 5 heteroatoms. The molecule has 0 fully saturated rings. The minimum atomic E-state index is -0.474. The predicted molar refractivity (Wildman–Crippen MR) is 90.3 cm³/mol. The number of ether oxygens (including phenoxy) is 2. The molecule has 0 aliphatic carbocycles. The van der Waals surface area contributed by atoms with Crippen molar-refractivity contribution in [3.63, 3.8) is 0 Å². The van der Waals surface area contributed by atoms with Crippen LogP contribution in [0.3, 0.4) is 0 Å². The van der Waals surface area contributed by atoms with E-state index in [0.717, 1.165) is 29.7 Å². The first-order valence-corrected chi connectivity index (χ1v) is 7.96. The summed E-state index contributed by atoms with van der Waals surface area (Å²) in [5.74, 6) is 0.0784. The zero-order valence-electron chi connectivity index (χ0n) is 13.8. The lowest BCUT2D eigenvalue weighted by molar-refractivity contribution is -0.120. The van der Waals surface area contributed by atoms with E-state index in [2.05, 4.69) is 0 Å². The van der Waals surface area contributed by atoms with E-state index in [9.17, 15) is 9.18 Å². The Bertz CT molecular complexity index is 760. The van der Waals surface area contributed by atoms with Gasteiger partial charge in [-0.1, -0.05) is 18.2 Å². The number of benzene rings is 2. The second-order valence-electron chi connectivity index (χ2n) is 5.78. The summed E-state index contributed by atoms with van der Waals surface area (Å²) < 4.78 is 24.4. The molecule has 2 aromatic carbocycles. The number of fused-ring (bicyclic) bond motifs is 1. The van der Waals surface area contributed by atoms with Gasteiger partial charge in [0.05, 0.1) is 12.8 Å². The van der Waals surface area contributed by atoms with Gasteiger partial charge in [-0.25, -0.2) is 4.39 Å². The van der Waals surface area contributed by atoms with E-state index in [1.54, 1.807) is 24.1 Å². The van der Waals surface area contributed by atoms with Gasteiger partial charge in [-0.15, -0.1) is 0 Å². The van der Waals surface area contributed by atoms with Gasteiger partial charge in [0, 0.05) is 6.54 Å². The summed E-state index contributed by atoms with van der Waals surface area (Å²) in [6, 6.07) is 9.95. The van der Waals surface area contributed by atoms with E-state index >= 15 is 0 Å². The van der Waals surface area contributed by atoms with Gasteiger partial charge < -0.3 is 14.4 Å². The van der Waals surface area contributed by atoms with Crippen LogP contribution in [0.1, 0.15) is 17.5 Å². The molecule has 0 saturated heterocycles. The van der Waals surface area contributed by atoms with Crippen LogP contribution in [-0.4, -0.2) is 26.2 Å². The van der Waals surface area contributed by atoms with Gasteiger partial charge in [0.15, 0.2) is 18.2 Å². The Hall–Kier alpha value is -2.56. The number of halogens is 1. The molecule has 0 atom stereocenters. The van der Waals surface area contributed by atoms with Crippen LogP contribution in [0.2, 0.25) is 0 Å². The van der Waals surface area contributed by atoms with Gasteiger partial charge in [0.2, 0.25) is 0 Å². The summed E-state index contributed by atoms with van der Waals surface area (Å²) >= 11 is 0. The molecule has 2 aromatic rings. The number of para-hydroxylation sites is 1. The Labute approximate surface area is 140 Å². The third-order valence-electron chi connectivity index (χ3n) is 4.27. The molecule has 24 heavy (non-hydrogen) atoms. The number of carbonyl (C=O) groups is 1. The SMILES string of the molecule is COc1ccc(C)c2c1N(C(=O)COc1ccccc1F)CCC2. The maximum Gasteiger partial charge on any atom is 0.265 e. The first-order valence-electron chi connectivity index (χ1n) is 7.96. The van der Waals surface area contributed by atoms with Crippen LogP contribution >= 0.6 is 0 Å². The number of nitrogens with zero attached hydrogens (tertiary/aromatic N) is 1. The lowest BCUT2D eigenvalue weighted by Crippen LogP contribution is -2.39. The quantitative estimate of drug-likeness (QED) is 0.862. The fourth-order valence-corrected chi connectivity index (χ4v) is 3.05. The number of methoxy groups -OCH3 is 1. The molecule has 4 nitrogen and oxygen atoms in total. The molecular weight excluding hydrogens is 309 g/mol. The summed E-state index contributed by atoms with van der Waals surface area (Å²) in [6.45, 7) is 2.42. The maximum absolute atomic E-state index is 13.6. The van der Waals surface area contributed by atoms with E-state index in [1.165, 1.54) is 12.1 Å². The fraction of sp³-hybridized carbons (Fsp3) is 0.316. The zero-order valence-corrected chi connectivity index (χ0v) is 13.8. The van der Waals surface area contributed by atoms with Crippen molar-refractivity contribution in [1.82, 2.24) is 0 Å². The highest BCUT2D eigenvalue weighted by atomic mass is 19.1. The lowest BCUT2D eigenvalue weighted by atomic mass is 9.96. The van der Waals surface area contributed by atoms with Crippen molar-refractivity contribution in [3.05, 3.63) is 53.3 Å². The molecular formula is C19H20FNO3. The molecule has 0 aromatic heterocycles. The standard InChI is InChI=1S/C19H20FNO3/c1-13-9-10-17(23-2)19-14(13)6-5-11-21(19)18(22)12-24-16-8-4-3-7-15(16)20/h3-4,7-10H,5-6,11-12H2,1-2H3. The average Bonchev–Trinajstić information content (AvgIpc) is 2.61. The number of anilines is 1. The monoisotopic (exact) mass is 329 g/mol. The highest BCUT2D eigenvalue weighted by molar-refractivity contribution is 5.97. The van der Waals surface area contributed by atoms with E-state index < -0.39 is 5.82 Å². The van der Waals surface area contributed by atoms with Crippen LogP contribution < -0.4 is 14.4 Å². The third-order valence-corrected chi connectivity index (χ3v) is 4.27. The molecule has 1 aliphatic rings. The molecule has 0 N–H and O–H groups in total. The summed E-state index contributed by atoms with van der Waals surface area (Å²) in [5, 5.41) is 0. The van der Waals surface area contributed by atoms with Crippen LogP contribution in [0.5, 0.6) is 11.5 Å². The molecule has 1 heterocycles. The normalized spacial score (nSPS) is 13.4. The Morgan fingerprint density at radius 3 is 2.75 bits per heavy atom. The number of hydrogen-bond acceptors (Lipinski definition) is 3. The van der Waals surface area contributed by atoms with Gasteiger partial charge in [-0.3, -0.25) is 4.79 Å². The Morgan fingerprint density at radius 1 is 1.21 bits per heavy atom. The number of hydrogen-bond donors (Lipinski definition) is 0. The van der Waals surface area contributed by atoms with Crippen molar-refractivity contribution in [1.29, 1.82) is 0 Å². The van der Waals surface area contributed by atoms with E-state index in [4.69, 9.17) is 9.47 Å². The van der Waals surface area contributed by atoms with Crippen LogP contribution in [0, 0.1) is 12.7 Å². The van der Waals surface area contributed by atoms with Crippen molar-refractivity contribution in [2.24, 2.45) is 0 Å². The smallest absolute Gasteiger partial charge is 0.265 e. The molecule has 0 saturated carbocycles. The largest absolute Gasteiger partial charge is 0.495 e. The summed E-state index contributed by atoms with van der Waals surface area (Å²) in [4.78, 5) is 14.3. The van der Waals surface area contributed by atoms with Gasteiger partial charge >= 0.3 is 0 Å². The van der Waals surface area contributed by atoms with E-state index in [0.29, 0.717) is 12.3 Å². The number of amides is 1. The first-order chi connectivity index (χ1) is 11.6. The highest BCUT2D eigenvalue weighted by Crippen LogP contribution is 2.38. The molecule has 0 bridgehead atoms. The summed E-state index contributed by atoms with van der Waals surface area (Å²) in [5.41, 5.74) is 3.07. The summed E-state index contributed by atoms with van der Waals surface area (Å²) in [7, 11) is 1.60. The Morgan fingerprint density at radius 2 is 2.00 bits per heavy atom. The fourth-order valence-electron chi connectivity index (χ4n) is 3.05. The molecule has 1 aliphatic heterocycles. The van der Waals surface area contributed by atoms with Crippen molar-refractivity contribution >= 4 is 11.6 Å². The minimum Gasteiger partial charge on any atom is -0.495 e. The van der Waals surface area contributed by atoms with Crippen LogP contribution in [0.15, 0.2) is 36.4 Å². The Balaban J connectivity index is 1.82. The molecule has 0 radical (unpaired) electrons. The van der Waals surface area contributed by atoms with Crippen LogP contribution in [0.4, 0.5) is 10.1 Å². The van der Waals surface area contributed by atoms with Gasteiger partial charge in [0.25, 0.3) is 5.91 Å². The molecule has 0 spiro atoms. The molecule has 0 unspecified atom stereocenters. The minimum absolute atomic E-state index is 0.0827. The van der Waals surface area contributed by atoms with Crippen LogP contribution in [0.25, 0.3) is 0 Å². The number of rotatable bonds is 4. The first kappa shape index (κ1) is 16.3. The average molecular weight is 329 g/mol. The van der Waals surface area contributed by atoms with Gasteiger partial charge in [-0.05, 0) is 49.1 Å².